The van der Waals surface area contributed by atoms with Gasteiger partial charge in [0.05, 0.1) is 11.6 Å². The Bertz CT molecular complexity index is 765. The molecule has 1 aromatic rings. The Morgan fingerprint density at radius 2 is 1.61 bits per heavy atom. The molecule has 5 nitrogen and oxygen atoms in total. The van der Waals surface area contributed by atoms with Crippen molar-refractivity contribution in [1.29, 1.82) is 0 Å². The van der Waals surface area contributed by atoms with Gasteiger partial charge in [-0.3, -0.25) is 9.59 Å². The number of rotatable bonds is 2. The lowest BCUT2D eigenvalue weighted by Gasteiger charge is -2.25. The molecular formula is C17H19NO4S. The Labute approximate surface area is 136 Å². The van der Waals surface area contributed by atoms with Crippen molar-refractivity contribution in [3.63, 3.8) is 0 Å². The normalized spacial score (nSPS) is 22.7. The molecule has 122 valence electrons. The first-order chi connectivity index (χ1) is 11.0. The molecule has 0 bridgehead atoms. The highest BCUT2D eigenvalue weighted by Crippen LogP contribution is 2.36. The SMILES string of the molecule is Cc1ccc(N2C(=O)C(=S(=O)=O)C(C3CCCCC3)C2=O)cc1. The minimum Gasteiger partial charge on any atom is -0.273 e. The Morgan fingerprint density at radius 1 is 1.00 bits per heavy atom. The Kier molecular flexibility index (Phi) is 4.35. The third kappa shape index (κ3) is 2.83. The number of benzene rings is 1. The number of imide groups is 1. The van der Waals surface area contributed by atoms with Gasteiger partial charge >= 0.3 is 0 Å². The van der Waals surface area contributed by atoms with Crippen molar-refractivity contribution in [2.45, 2.75) is 39.0 Å². The molecule has 2 amide bonds. The molecule has 6 heteroatoms. The maximum absolute atomic E-state index is 12.8. The monoisotopic (exact) mass is 333 g/mol. The summed E-state index contributed by atoms with van der Waals surface area (Å²) < 4.78 is 23.2. The second kappa shape index (κ2) is 6.28. The van der Waals surface area contributed by atoms with Crippen LogP contribution in [-0.4, -0.2) is 25.1 Å². The Hall–Kier alpha value is -1.95. The second-order valence-corrected chi connectivity index (χ2v) is 7.20. The molecule has 2 fully saturated rings. The minimum atomic E-state index is -2.67. The van der Waals surface area contributed by atoms with Crippen LogP contribution in [-0.2, 0) is 19.9 Å². The fourth-order valence-corrected chi connectivity index (χ4v) is 4.33. The van der Waals surface area contributed by atoms with Crippen LogP contribution in [0.25, 0.3) is 0 Å². The van der Waals surface area contributed by atoms with E-state index in [4.69, 9.17) is 0 Å². The molecule has 0 aromatic heterocycles. The first kappa shape index (κ1) is 15.9. The van der Waals surface area contributed by atoms with Crippen LogP contribution >= 0.6 is 0 Å². The van der Waals surface area contributed by atoms with Crippen molar-refractivity contribution in [3.05, 3.63) is 29.8 Å². The highest BCUT2D eigenvalue weighted by molar-refractivity contribution is 7.75. The van der Waals surface area contributed by atoms with Gasteiger partial charge in [-0.15, -0.1) is 0 Å². The lowest BCUT2D eigenvalue weighted by Crippen LogP contribution is -2.32. The Balaban J connectivity index is 2.04. The van der Waals surface area contributed by atoms with Crippen molar-refractivity contribution in [2.75, 3.05) is 4.90 Å². The number of hydrogen-bond donors (Lipinski definition) is 0. The lowest BCUT2D eigenvalue weighted by atomic mass is 9.79. The van der Waals surface area contributed by atoms with E-state index in [9.17, 15) is 18.0 Å². The summed E-state index contributed by atoms with van der Waals surface area (Å²) in [4.78, 5) is 26.2. The largest absolute Gasteiger partial charge is 0.277 e. The van der Waals surface area contributed by atoms with Crippen LogP contribution in [0.15, 0.2) is 24.3 Å². The Morgan fingerprint density at radius 3 is 2.17 bits per heavy atom. The first-order valence-electron chi connectivity index (χ1n) is 7.92. The smallest absolute Gasteiger partial charge is 0.273 e. The molecule has 1 unspecified atom stereocenters. The molecule has 23 heavy (non-hydrogen) atoms. The van der Waals surface area contributed by atoms with E-state index in [0.717, 1.165) is 42.6 Å². The van der Waals surface area contributed by atoms with Gasteiger partial charge in [-0.05, 0) is 37.8 Å². The summed E-state index contributed by atoms with van der Waals surface area (Å²) in [7, 11) is -2.67. The van der Waals surface area contributed by atoms with Crippen molar-refractivity contribution < 1.29 is 18.0 Å². The molecule has 0 radical (unpaired) electrons. The van der Waals surface area contributed by atoms with Crippen LogP contribution in [0.1, 0.15) is 37.7 Å². The fourth-order valence-electron chi connectivity index (χ4n) is 3.59. The zero-order chi connectivity index (χ0) is 16.6. The predicted octanol–water partition coefficient (Wildman–Crippen LogP) is 2.12. The molecule has 1 aromatic carbocycles. The number of anilines is 1. The van der Waals surface area contributed by atoms with Gasteiger partial charge in [0.1, 0.15) is 0 Å². The van der Waals surface area contributed by atoms with Crippen molar-refractivity contribution in [3.8, 4) is 0 Å². The molecule has 1 heterocycles. The van der Waals surface area contributed by atoms with E-state index in [2.05, 4.69) is 0 Å². The third-order valence-corrected chi connectivity index (χ3v) is 5.56. The number of carbonyl (C=O) groups excluding carboxylic acids is 2. The predicted molar refractivity (Wildman–Crippen MR) is 87.7 cm³/mol. The van der Waals surface area contributed by atoms with Crippen molar-refractivity contribution in [2.24, 2.45) is 11.8 Å². The topological polar surface area (TPSA) is 71.5 Å². The molecule has 3 rings (SSSR count). The summed E-state index contributed by atoms with van der Waals surface area (Å²) in [5.41, 5.74) is 1.44. The number of aryl methyl sites for hydroxylation is 1. The minimum absolute atomic E-state index is 0.0523. The van der Waals surface area contributed by atoms with Crippen LogP contribution in [0.3, 0.4) is 0 Å². The molecule has 1 saturated carbocycles. The molecule has 2 aliphatic rings. The van der Waals surface area contributed by atoms with Gasteiger partial charge in [-0.2, -0.15) is 8.42 Å². The summed E-state index contributed by atoms with van der Waals surface area (Å²) in [5.74, 6) is -1.96. The van der Waals surface area contributed by atoms with E-state index >= 15 is 0 Å². The summed E-state index contributed by atoms with van der Waals surface area (Å²) in [6.07, 6.45) is 4.65. The second-order valence-electron chi connectivity index (χ2n) is 6.29. The lowest BCUT2D eigenvalue weighted by molar-refractivity contribution is -0.123. The highest BCUT2D eigenvalue weighted by Gasteiger charge is 2.49. The quantitative estimate of drug-likeness (QED) is 0.614. The number of carbonyl (C=O) groups is 2. The molecule has 1 saturated heterocycles. The zero-order valence-electron chi connectivity index (χ0n) is 13.0. The van der Waals surface area contributed by atoms with Gasteiger partial charge in [-0.1, -0.05) is 37.0 Å². The third-order valence-electron chi connectivity index (χ3n) is 4.78. The standard InChI is InChI=1S/C17H19NO4S/c1-11-7-9-13(10-8-11)18-16(19)14(12-5-3-2-4-6-12)15(17(18)20)23(21)22/h7-10,12,14H,2-6H2,1H3. The fraction of sp³-hybridized carbons (Fsp3) is 0.471. The summed E-state index contributed by atoms with van der Waals surface area (Å²) in [5, 5.41) is 0. The van der Waals surface area contributed by atoms with Crippen LogP contribution in [0.5, 0.6) is 0 Å². The summed E-state index contributed by atoms with van der Waals surface area (Å²) in [6, 6.07) is 6.97. The average Bonchev–Trinajstić information content (AvgIpc) is 2.80. The van der Waals surface area contributed by atoms with Crippen LogP contribution in [0.2, 0.25) is 0 Å². The number of amides is 2. The van der Waals surface area contributed by atoms with E-state index in [-0.39, 0.29) is 10.8 Å². The van der Waals surface area contributed by atoms with E-state index < -0.39 is 28.0 Å². The average molecular weight is 333 g/mol. The van der Waals surface area contributed by atoms with Gasteiger partial charge in [0.2, 0.25) is 16.2 Å². The van der Waals surface area contributed by atoms with Gasteiger partial charge < -0.3 is 0 Å². The van der Waals surface area contributed by atoms with Crippen molar-refractivity contribution >= 4 is 32.7 Å². The molecule has 0 spiro atoms. The van der Waals surface area contributed by atoms with Crippen LogP contribution in [0, 0.1) is 18.8 Å². The number of hydrogen-bond acceptors (Lipinski definition) is 4. The zero-order valence-corrected chi connectivity index (χ0v) is 13.8. The summed E-state index contributed by atoms with van der Waals surface area (Å²) >= 11 is 0. The summed E-state index contributed by atoms with van der Waals surface area (Å²) in [6.45, 7) is 1.91. The highest BCUT2D eigenvalue weighted by atomic mass is 32.2. The molecule has 1 aliphatic carbocycles. The molecule has 1 atom stereocenters. The van der Waals surface area contributed by atoms with Gasteiger partial charge in [0.25, 0.3) is 5.91 Å². The van der Waals surface area contributed by atoms with Crippen molar-refractivity contribution in [1.82, 2.24) is 0 Å². The molecule has 0 N–H and O–H groups in total. The van der Waals surface area contributed by atoms with Crippen LogP contribution < -0.4 is 4.90 Å². The van der Waals surface area contributed by atoms with Gasteiger partial charge in [-0.25, -0.2) is 4.90 Å². The molecule has 1 aliphatic heterocycles. The maximum atomic E-state index is 12.8. The number of nitrogens with zero attached hydrogens (tertiary/aromatic N) is 1. The van der Waals surface area contributed by atoms with E-state index in [1.165, 1.54) is 0 Å². The van der Waals surface area contributed by atoms with E-state index in [1.807, 2.05) is 6.92 Å². The van der Waals surface area contributed by atoms with E-state index in [0.29, 0.717) is 5.69 Å². The molecular weight excluding hydrogens is 314 g/mol. The van der Waals surface area contributed by atoms with E-state index in [1.54, 1.807) is 24.3 Å². The van der Waals surface area contributed by atoms with Crippen LogP contribution in [0.4, 0.5) is 5.69 Å². The van der Waals surface area contributed by atoms with Gasteiger partial charge in [0.15, 0.2) is 4.86 Å². The maximum Gasteiger partial charge on any atom is 0.277 e. The van der Waals surface area contributed by atoms with Gasteiger partial charge in [0, 0.05) is 0 Å². The first-order valence-corrected chi connectivity index (χ1v) is 8.99.